The summed E-state index contributed by atoms with van der Waals surface area (Å²) < 4.78 is 11.0. The van der Waals surface area contributed by atoms with Gasteiger partial charge in [-0.1, -0.05) is 104 Å². The Kier molecular flexibility index (Phi) is 28.5. The Labute approximate surface area is 236 Å². The topological polar surface area (TPSA) is 64.6 Å². The smallest absolute Gasteiger partial charge is 0.793 e. The van der Waals surface area contributed by atoms with Gasteiger partial charge in [0.25, 0.3) is 0 Å². The van der Waals surface area contributed by atoms with Crippen LogP contribution >= 0.6 is 34.2 Å². The van der Waals surface area contributed by atoms with E-state index in [1.54, 1.807) is 0 Å². The molecule has 0 fully saturated rings. The fourth-order valence-corrected chi connectivity index (χ4v) is 13.6. The Hall–Kier alpha value is 2.46. The second kappa shape index (κ2) is 23.6. The summed E-state index contributed by atoms with van der Waals surface area (Å²) in [4.78, 5) is 24.1. The predicted octanol–water partition coefficient (Wildman–Crippen LogP) is 8.17. The molecule has 0 heterocycles. The summed E-state index contributed by atoms with van der Waals surface area (Å²) in [5, 5.41) is 0.656. The van der Waals surface area contributed by atoms with Gasteiger partial charge in [0.15, 0.2) is 0 Å². The zero-order chi connectivity index (χ0) is 25.2. The molecule has 0 radical (unpaired) electrons. The molecule has 0 aromatic heterocycles. The minimum atomic E-state index is -2.89. The fraction of sp³-hybridized carbons (Fsp3) is 1.00. The van der Waals surface area contributed by atoms with Gasteiger partial charge in [0.05, 0.1) is 12.2 Å². The van der Waals surface area contributed by atoms with E-state index in [4.69, 9.17) is 32.7 Å². The van der Waals surface area contributed by atoms with Crippen LogP contribution in [0.3, 0.4) is 0 Å². The van der Waals surface area contributed by atoms with Gasteiger partial charge in [-0.2, -0.15) is 0 Å². The van der Waals surface area contributed by atoms with Crippen molar-refractivity contribution in [2.45, 2.75) is 142 Å². The molecule has 4 nitrogen and oxygen atoms in total. The average molecular weight is 632 g/mol. The molecule has 6 unspecified atom stereocenters. The van der Waals surface area contributed by atoms with Gasteiger partial charge >= 0.3 is 19.5 Å². The summed E-state index contributed by atoms with van der Waals surface area (Å²) in [5.41, 5.74) is -5.75. The Morgan fingerprint density at radius 3 is 1.39 bits per heavy atom. The standard InChI is InChI=1S/C12H27O2PS2.C10H23O2PS2.Zn/c1-5-7-9-11(3)14-15(13,16)17-12(4)10-8-6-2;1-5-7-9(3)12-13(11,14)15-10(4)8-6-2;/h11-12H,5-10H2,1-4H3,(H,13,16);9-10H,5-8H2,1-4H3,(H,11,14);/q;;+2/p-2. The summed E-state index contributed by atoms with van der Waals surface area (Å²) in [6.45, 7) is 16.5. The van der Waals surface area contributed by atoms with E-state index in [2.05, 4.69) is 41.5 Å². The van der Waals surface area contributed by atoms with Gasteiger partial charge < -0.3 is 18.8 Å². The molecule has 0 bridgehead atoms. The van der Waals surface area contributed by atoms with Crippen molar-refractivity contribution in [1.82, 2.24) is 0 Å². The number of rotatable bonds is 18. The van der Waals surface area contributed by atoms with Gasteiger partial charge in [-0.25, -0.2) is 0 Å². The first-order chi connectivity index (χ1) is 14.8. The summed E-state index contributed by atoms with van der Waals surface area (Å²) in [6, 6.07) is 0. The van der Waals surface area contributed by atoms with E-state index in [9.17, 15) is 9.79 Å². The largest absolute Gasteiger partial charge is 2.00 e. The minimum Gasteiger partial charge on any atom is -0.793 e. The fourth-order valence-electron chi connectivity index (χ4n) is 2.94. The van der Waals surface area contributed by atoms with Crippen LogP contribution in [-0.4, -0.2) is 22.7 Å². The van der Waals surface area contributed by atoms with Crippen LogP contribution in [-0.2, 0) is 52.1 Å². The van der Waals surface area contributed by atoms with Gasteiger partial charge in [-0.15, -0.1) is 22.8 Å². The molecule has 6 atom stereocenters. The van der Waals surface area contributed by atoms with Gasteiger partial charge in [0.1, 0.15) is 0 Å². The maximum Gasteiger partial charge on any atom is 2.00 e. The van der Waals surface area contributed by atoms with Gasteiger partial charge in [0.2, 0.25) is 0 Å². The molecule has 0 N–H and O–H groups in total. The Bertz CT molecular complexity index is 509. The van der Waals surface area contributed by atoms with E-state index < -0.39 is 11.4 Å². The quantitative estimate of drug-likeness (QED) is 0.111. The third-order valence-corrected chi connectivity index (χ3v) is 13.8. The number of hydrogen-bond acceptors (Lipinski definition) is 8. The number of unbranched alkanes of at least 4 members (excludes halogenated alkanes) is 2. The van der Waals surface area contributed by atoms with Crippen LogP contribution in [0.4, 0.5) is 0 Å². The second-order valence-corrected chi connectivity index (χ2v) is 21.1. The van der Waals surface area contributed by atoms with Crippen LogP contribution in [0.2, 0.25) is 0 Å². The SMILES string of the molecule is CCCC(C)OP([O-])(=S)SC(C)CCC.CCCCC(C)OP([O-])(=S)SC(C)CCCC.[Zn+2]. The second-order valence-electron chi connectivity index (χ2n) is 8.42. The molecule has 0 rings (SSSR count). The van der Waals surface area contributed by atoms with Gasteiger partial charge in [-0.3, -0.25) is 0 Å². The Balaban J connectivity index is -0.000000533. The zero-order valence-corrected chi connectivity index (χ0v) is 30.3. The maximum atomic E-state index is 12.1. The molecule has 0 aliphatic carbocycles. The molecule has 0 aliphatic rings. The molecule has 11 heteroatoms. The molecular formula is C22H48O4P2S4Zn. The van der Waals surface area contributed by atoms with Crippen molar-refractivity contribution in [3.8, 4) is 0 Å². The van der Waals surface area contributed by atoms with Crippen molar-refractivity contribution in [3.05, 3.63) is 0 Å². The molecule has 0 aromatic carbocycles. The maximum absolute atomic E-state index is 12.1. The summed E-state index contributed by atoms with van der Waals surface area (Å²) in [5.74, 6) is 0. The molecule has 33 heavy (non-hydrogen) atoms. The average Bonchev–Trinajstić information content (AvgIpc) is 2.63. The van der Waals surface area contributed by atoms with Crippen molar-refractivity contribution in [3.63, 3.8) is 0 Å². The third-order valence-electron chi connectivity index (χ3n) is 4.55. The first-order valence-electron chi connectivity index (χ1n) is 12.2. The zero-order valence-electron chi connectivity index (χ0n) is 22.2. The van der Waals surface area contributed by atoms with E-state index in [1.807, 2.05) is 13.8 Å². The molecule has 0 saturated heterocycles. The molecule has 0 saturated carbocycles. The predicted molar refractivity (Wildman–Crippen MR) is 153 cm³/mol. The monoisotopic (exact) mass is 630 g/mol. The summed E-state index contributed by atoms with van der Waals surface area (Å²) in [7, 11) is 0. The molecular weight excluding hydrogens is 584 g/mol. The first-order valence-corrected chi connectivity index (χ1v) is 20.4. The molecule has 0 aromatic rings. The third kappa shape index (κ3) is 27.3. The summed E-state index contributed by atoms with van der Waals surface area (Å²) in [6.07, 6.45) is 10.7. The Morgan fingerprint density at radius 2 is 1.00 bits per heavy atom. The molecule has 0 spiro atoms. The van der Waals surface area contributed by atoms with Crippen molar-refractivity contribution < 1.29 is 38.3 Å². The van der Waals surface area contributed by atoms with E-state index in [0.29, 0.717) is 10.5 Å². The molecule has 0 amide bonds. The number of hydrogen-bond donors (Lipinski definition) is 0. The summed E-state index contributed by atoms with van der Waals surface area (Å²) >= 11 is 12.8. The van der Waals surface area contributed by atoms with Crippen LogP contribution in [0, 0.1) is 0 Å². The van der Waals surface area contributed by atoms with E-state index in [-0.39, 0.29) is 31.7 Å². The van der Waals surface area contributed by atoms with Crippen LogP contribution in [0.25, 0.3) is 0 Å². The van der Waals surface area contributed by atoms with E-state index in [1.165, 1.54) is 29.2 Å². The van der Waals surface area contributed by atoms with Crippen LogP contribution < -0.4 is 9.79 Å². The van der Waals surface area contributed by atoms with Crippen LogP contribution in [0.1, 0.15) is 120 Å². The van der Waals surface area contributed by atoms with E-state index in [0.717, 1.165) is 57.8 Å². The van der Waals surface area contributed by atoms with Crippen molar-refractivity contribution in [2.24, 2.45) is 0 Å². The normalized spacial score (nSPS) is 18.5. The van der Waals surface area contributed by atoms with E-state index >= 15 is 0 Å². The molecule has 196 valence electrons. The molecule has 0 aliphatic heterocycles. The van der Waals surface area contributed by atoms with Crippen molar-refractivity contribution in [2.75, 3.05) is 0 Å². The van der Waals surface area contributed by atoms with Crippen LogP contribution in [0.15, 0.2) is 0 Å². The van der Waals surface area contributed by atoms with Crippen molar-refractivity contribution >= 4 is 57.8 Å². The van der Waals surface area contributed by atoms with Gasteiger partial charge in [-0.05, 0) is 39.5 Å². The van der Waals surface area contributed by atoms with Crippen molar-refractivity contribution in [1.29, 1.82) is 0 Å². The van der Waals surface area contributed by atoms with Gasteiger partial charge in [0, 0.05) is 21.9 Å². The minimum absolute atomic E-state index is 0. The first kappa shape index (κ1) is 40.0. The Morgan fingerprint density at radius 1 is 0.636 bits per heavy atom. The van der Waals surface area contributed by atoms with Crippen LogP contribution in [0.5, 0.6) is 0 Å².